The number of nitrogens with one attached hydrogen (secondary N) is 3. The summed E-state index contributed by atoms with van der Waals surface area (Å²) < 4.78 is 0. The van der Waals surface area contributed by atoms with Gasteiger partial charge in [-0.15, -0.1) is 0 Å². The number of anilines is 4. The summed E-state index contributed by atoms with van der Waals surface area (Å²) in [4.78, 5) is 23.1. The van der Waals surface area contributed by atoms with Crippen molar-refractivity contribution in [3.63, 3.8) is 0 Å². The summed E-state index contributed by atoms with van der Waals surface area (Å²) in [7, 11) is 0. The van der Waals surface area contributed by atoms with Crippen molar-refractivity contribution in [2.75, 3.05) is 21.9 Å². The number of hydrazine groups is 1. The minimum atomic E-state index is -0.620. The van der Waals surface area contributed by atoms with Gasteiger partial charge in [0.15, 0.2) is 0 Å². The van der Waals surface area contributed by atoms with Gasteiger partial charge in [-0.25, -0.2) is 0 Å². The normalized spacial score (nSPS) is 10.5. The van der Waals surface area contributed by atoms with Crippen molar-refractivity contribution in [1.29, 1.82) is 0 Å². The smallest absolute Gasteiger partial charge is 0.269 e. The maximum Gasteiger partial charge on any atom is 0.269 e. The van der Waals surface area contributed by atoms with Gasteiger partial charge in [0.05, 0.1) is 16.3 Å². The van der Waals surface area contributed by atoms with Crippen LogP contribution >= 0.6 is 0 Å². The van der Waals surface area contributed by atoms with Crippen LogP contribution in [-0.2, 0) is 0 Å². The molecule has 0 atom stereocenters. The monoisotopic (exact) mass is 428 g/mol. The lowest BCUT2D eigenvalue weighted by Gasteiger charge is -2.23. The third kappa shape index (κ3) is 4.21. The van der Waals surface area contributed by atoms with Crippen molar-refractivity contribution >= 4 is 45.1 Å². The van der Waals surface area contributed by atoms with Crippen LogP contribution in [0.3, 0.4) is 0 Å². The molecule has 9 nitrogen and oxygen atoms in total. The topological polar surface area (TPSA) is 145 Å². The molecule has 1 amide bonds. The largest absolute Gasteiger partial charge is 0.870 e. The van der Waals surface area contributed by atoms with E-state index < -0.39 is 16.6 Å². The molecule has 0 radical (unpaired) electrons. The van der Waals surface area contributed by atoms with Gasteiger partial charge in [0.1, 0.15) is 0 Å². The second-order valence-electron chi connectivity index (χ2n) is 6.98. The number of fused-ring (bicyclic) bond motifs is 1. The Balaban J connectivity index is 1.65. The first kappa shape index (κ1) is 20.5. The Morgan fingerprint density at radius 1 is 0.875 bits per heavy atom. The molecule has 4 aromatic rings. The Hall–Kier alpha value is -4.79. The fourth-order valence-corrected chi connectivity index (χ4v) is 3.19. The fourth-order valence-electron chi connectivity index (χ4n) is 3.19. The first-order valence-corrected chi connectivity index (χ1v) is 9.58. The van der Waals surface area contributed by atoms with E-state index in [-0.39, 0.29) is 16.9 Å². The highest BCUT2D eigenvalue weighted by Gasteiger charge is 2.14. The molecule has 160 valence electrons. The van der Waals surface area contributed by atoms with Crippen molar-refractivity contribution in [3.05, 3.63) is 94.5 Å². The molecule has 0 aliphatic rings. The number of nitrogens with zero attached hydrogens (tertiary/aromatic N) is 1. The molecule has 0 aliphatic carbocycles. The van der Waals surface area contributed by atoms with E-state index in [4.69, 9.17) is 5.73 Å². The summed E-state index contributed by atoms with van der Waals surface area (Å²) >= 11 is 0. The molecular formula is C23H18N5O4-. The standard InChI is InChI=1S/C23H19N5O4/c24-15-5-7-17(8-6-15)26-27-21-19-4-2-1-3-14(19)13-20(22(21)29)23(30)25-16-9-11-18(12-10-16)28(31)32/h1-13,26-27,29H,24H2,(H,25,30)/p-1. The molecule has 4 aromatic carbocycles. The van der Waals surface area contributed by atoms with E-state index in [9.17, 15) is 20.0 Å². The Morgan fingerprint density at radius 2 is 1.53 bits per heavy atom. The highest BCUT2D eigenvalue weighted by Crippen LogP contribution is 2.35. The van der Waals surface area contributed by atoms with E-state index >= 15 is 0 Å². The summed E-state index contributed by atoms with van der Waals surface area (Å²) in [6, 6.07) is 21.0. The first-order valence-electron chi connectivity index (χ1n) is 9.58. The molecule has 5 N–H and O–H groups in total. The molecule has 0 saturated heterocycles. The number of carbonyl (C=O) groups excluding carboxylic acids is 1. The Labute approximate surface area is 182 Å². The first-order chi connectivity index (χ1) is 15.4. The zero-order valence-corrected chi connectivity index (χ0v) is 16.7. The molecule has 0 aromatic heterocycles. The molecular weight excluding hydrogens is 410 g/mol. The summed E-state index contributed by atoms with van der Waals surface area (Å²) in [6.07, 6.45) is 0. The SMILES string of the molecule is Nc1ccc(NNc2c([O-])c(C(=O)Nc3ccc([N+](=O)[O-])cc3)cc3ccccc23)cc1. The van der Waals surface area contributed by atoms with Gasteiger partial charge in [-0.2, -0.15) is 0 Å². The zero-order chi connectivity index (χ0) is 22.7. The van der Waals surface area contributed by atoms with E-state index in [1.165, 1.54) is 30.3 Å². The maximum atomic E-state index is 13.2. The van der Waals surface area contributed by atoms with Crippen molar-refractivity contribution < 1.29 is 14.8 Å². The molecule has 0 unspecified atom stereocenters. The van der Waals surface area contributed by atoms with Crippen molar-refractivity contribution in [2.24, 2.45) is 0 Å². The van der Waals surface area contributed by atoms with Crippen LogP contribution < -0.4 is 27.0 Å². The molecule has 0 fully saturated rings. The average molecular weight is 428 g/mol. The molecule has 0 heterocycles. The second kappa shape index (κ2) is 8.52. The van der Waals surface area contributed by atoms with E-state index in [2.05, 4.69) is 16.2 Å². The Morgan fingerprint density at radius 3 is 2.22 bits per heavy atom. The van der Waals surface area contributed by atoms with Crippen LogP contribution in [0.2, 0.25) is 0 Å². The van der Waals surface area contributed by atoms with Crippen LogP contribution in [-0.4, -0.2) is 10.8 Å². The number of carbonyl (C=O) groups is 1. The molecule has 32 heavy (non-hydrogen) atoms. The summed E-state index contributed by atoms with van der Waals surface area (Å²) in [6.45, 7) is 0. The molecule has 0 bridgehead atoms. The number of non-ortho nitro benzene ring substituents is 1. The Kier molecular flexibility index (Phi) is 5.45. The zero-order valence-electron chi connectivity index (χ0n) is 16.7. The summed E-state index contributed by atoms with van der Waals surface area (Å²) in [5.74, 6) is -1.11. The van der Waals surface area contributed by atoms with E-state index in [1.807, 2.05) is 6.07 Å². The number of hydrogen-bond donors (Lipinski definition) is 4. The van der Waals surface area contributed by atoms with E-state index in [1.54, 1.807) is 42.5 Å². The number of benzene rings is 4. The maximum absolute atomic E-state index is 13.2. The van der Waals surface area contributed by atoms with E-state index in [0.29, 0.717) is 27.8 Å². The predicted molar refractivity (Wildman–Crippen MR) is 123 cm³/mol. The predicted octanol–water partition coefficient (Wildman–Crippen LogP) is 4.10. The van der Waals surface area contributed by atoms with Gasteiger partial charge >= 0.3 is 0 Å². The number of rotatable bonds is 6. The number of nitro benzene ring substituents is 1. The van der Waals surface area contributed by atoms with Crippen LogP contribution in [0.4, 0.5) is 28.4 Å². The number of hydrogen-bond acceptors (Lipinski definition) is 7. The number of nitro groups is 1. The van der Waals surface area contributed by atoms with Crippen LogP contribution in [0.15, 0.2) is 78.9 Å². The van der Waals surface area contributed by atoms with Gasteiger partial charge in [-0.3, -0.25) is 14.9 Å². The fraction of sp³-hybridized carbons (Fsp3) is 0. The quantitative estimate of drug-likeness (QED) is 0.205. The summed E-state index contributed by atoms with van der Waals surface area (Å²) in [5, 5.41) is 27.9. The van der Waals surface area contributed by atoms with Gasteiger partial charge in [0.2, 0.25) is 0 Å². The van der Waals surface area contributed by atoms with Gasteiger partial charge in [-0.1, -0.05) is 30.0 Å². The van der Waals surface area contributed by atoms with Crippen LogP contribution in [0.5, 0.6) is 5.75 Å². The van der Waals surface area contributed by atoms with E-state index in [0.717, 1.165) is 0 Å². The minimum absolute atomic E-state index is 0.0661. The van der Waals surface area contributed by atoms with Gasteiger partial charge in [0.25, 0.3) is 11.6 Å². The van der Waals surface area contributed by atoms with Gasteiger partial charge in [0, 0.05) is 34.5 Å². The third-order valence-corrected chi connectivity index (χ3v) is 4.82. The second-order valence-corrected chi connectivity index (χ2v) is 6.98. The van der Waals surface area contributed by atoms with Crippen LogP contribution in [0.25, 0.3) is 10.8 Å². The van der Waals surface area contributed by atoms with Gasteiger partial charge < -0.3 is 27.0 Å². The number of nitrogen functional groups attached to an aromatic ring is 1. The number of nitrogens with two attached hydrogens (primary N) is 1. The van der Waals surface area contributed by atoms with Crippen molar-refractivity contribution in [3.8, 4) is 5.75 Å². The van der Waals surface area contributed by atoms with Gasteiger partial charge in [-0.05, 0) is 47.9 Å². The minimum Gasteiger partial charge on any atom is -0.870 e. The highest BCUT2D eigenvalue weighted by molar-refractivity contribution is 6.12. The van der Waals surface area contributed by atoms with Crippen LogP contribution in [0.1, 0.15) is 10.4 Å². The molecule has 0 saturated carbocycles. The summed E-state index contributed by atoms with van der Waals surface area (Å²) in [5.41, 5.74) is 13.2. The van der Waals surface area contributed by atoms with Crippen molar-refractivity contribution in [1.82, 2.24) is 0 Å². The average Bonchev–Trinajstić information content (AvgIpc) is 2.79. The lowest BCUT2D eigenvalue weighted by atomic mass is 10.0. The lowest BCUT2D eigenvalue weighted by Crippen LogP contribution is -2.18. The third-order valence-electron chi connectivity index (χ3n) is 4.82. The highest BCUT2D eigenvalue weighted by atomic mass is 16.6. The molecule has 0 spiro atoms. The Bertz CT molecular complexity index is 1300. The van der Waals surface area contributed by atoms with Crippen molar-refractivity contribution in [2.45, 2.75) is 0 Å². The number of amides is 1. The molecule has 4 rings (SSSR count). The molecule has 0 aliphatic heterocycles. The lowest BCUT2D eigenvalue weighted by molar-refractivity contribution is -0.384. The molecule has 9 heteroatoms. The van der Waals surface area contributed by atoms with Crippen LogP contribution in [0, 0.1) is 10.1 Å².